The minimum absolute atomic E-state index is 0.0179. The van der Waals surface area contributed by atoms with Crippen molar-refractivity contribution >= 4 is 5.78 Å². The molecule has 2 fully saturated rings. The fourth-order valence-electron chi connectivity index (χ4n) is 3.66. The summed E-state index contributed by atoms with van der Waals surface area (Å²) in [6.45, 7) is 10.5. The molecule has 0 bridgehead atoms. The lowest BCUT2D eigenvalue weighted by molar-refractivity contribution is -0.133. The first-order chi connectivity index (χ1) is 6.95. The van der Waals surface area contributed by atoms with E-state index in [0.29, 0.717) is 11.2 Å². The van der Waals surface area contributed by atoms with Crippen LogP contribution in [-0.4, -0.2) is 5.78 Å². The fraction of sp³-hybridized carbons (Fsp3) is 0.714. The Morgan fingerprint density at radius 1 is 1.33 bits per heavy atom. The normalized spacial score (nSPS) is 45.1. The molecule has 2 aliphatic rings. The number of fused-ring (bicyclic) bond motifs is 1. The van der Waals surface area contributed by atoms with Gasteiger partial charge in [0.05, 0.1) is 0 Å². The van der Waals surface area contributed by atoms with Crippen molar-refractivity contribution in [3.8, 4) is 0 Å². The smallest absolute Gasteiger partial charge is 0.136 e. The second-order valence-electron chi connectivity index (χ2n) is 5.61. The molecule has 3 atom stereocenters. The maximum atomic E-state index is 11.9. The zero-order valence-electron chi connectivity index (χ0n) is 10.0. The molecule has 0 aromatic carbocycles. The molecule has 82 valence electrons. The third kappa shape index (κ3) is 1.13. The van der Waals surface area contributed by atoms with Gasteiger partial charge in [0, 0.05) is 17.8 Å². The Hall–Kier alpha value is -0.810. The van der Waals surface area contributed by atoms with Gasteiger partial charge in [0.1, 0.15) is 5.78 Å². The lowest BCUT2D eigenvalue weighted by Gasteiger charge is -2.49. The van der Waals surface area contributed by atoms with Gasteiger partial charge in [-0.15, -0.1) is 5.73 Å². The molecule has 15 heavy (non-hydrogen) atoms. The number of allylic oxidation sites excluding steroid dienone is 1. The quantitative estimate of drug-likeness (QED) is 0.552. The molecule has 1 heteroatoms. The van der Waals surface area contributed by atoms with Crippen LogP contribution in [0.1, 0.15) is 46.5 Å². The number of ketones is 1. The van der Waals surface area contributed by atoms with Crippen LogP contribution in [-0.2, 0) is 4.79 Å². The molecular weight excluding hydrogens is 184 g/mol. The number of rotatable bonds is 0. The van der Waals surface area contributed by atoms with E-state index in [9.17, 15) is 4.79 Å². The summed E-state index contributed by atoms with van der Waals surface area (Å²) >= 11 is 0. The third-order valence-corrected chi connectivity index (χ3v) is 5.29. The van der Waals surface area contributed by atoms with Gasteiger partial charge in [0.2, 0.25) is 0 Å². The predicted molar refractivity (Wildman–Crippen MR) is 61.5 cm³/mol. The first-order valence-electron chi connectivity index (χ1n) is 5.88. The SMILES string of the molecule is C=C=C1CC[C@]2(C)CCC(=O)C(C)[C@]12C. The van der Waals surface area contributed by atoms with Gasteiger partial charge in [-0.2, -0.15) is 0 Å². The molecule has 0 saturated heterocycles. The average Bonchev–Trinajstić information content (AvgIpc) is 2.48. The molecule has 2 saturated carbocycles. The first kappa shape index (κ1) is 10.7. The topological polar surface area (TPSA) is 17.1 Å². The van der Waals surface area contributed by atoms with Crippen LogP contribution in [0.15, 0.2) is 17.9 Å². The molecule has 0 N–H and O–H groups in total. The minimum Gasteiger partial charge on any atom is -0.299 e. The number of carbonyl (C=O) groups excluding carboxylic acids is 1. The van der Waals surface area contributed by atoms with Gasteiger partial charge in [-0.25, -0.2) is 0 Å². The molecule has 0 amide bonds. The Kier molecular flexibility index (Phi) is 2.20. The van der Waals surface area contributed by atoms with Gasteiger partial charge in [0.15, 0.2) is 0 Å². The minimum atomic E-state index is 0.0179. The van der Waals surface area contributed by atoms with E-state index in [1.54, 1.807) is 0 Å². The summed E-state index contributed by atoms with van der Waals surface area (Å²) in [4.78, 5) is 11.9. The van der Waals surface area contributed by atoms with E-state index in [-0.39, 0.29) is 11.3 Å². The van der Waals surface area contributed by atoms with E-state index in [0.717, 1.165) is 19.3 Å². The van der Waals surface area contributed by atoms with Crippen LogP contribution in [0.25, 0.3) is 0 Å². The highest BCUT2D eigenvalue weighted by atomic mass is 16.1. The largest absolute Gasteiger partial charge is 0.299 e. The lowest BCUT2D eigenvalue weighted by atomic mass is 9.54. The van der Waals surface area contributed by atoms with Crippen molar-refractivity contribution in [2.45, 2.75) is 46.5 Å². The molecule has 0 spiro atoms. The monoisotopic (exact) mass is 204 g/mol. The van der Waals surface area contributed by atoms with E-state index in [1.807, 2.05) is 0 Å². The first-order valence-corrected chi connectivity index (χ1v) is 5.88. The van der Waals surface area contributed by atoms with Gasteiger partial charge in [-0.1, -0.05) is 27.4 Å². The standard InChI is InChI=1S/C14H20O/c1-5-11-6-8-13(3)9-7-12(15)10(2)14(11,13)4/h10H,1,6-9H2,2-4H3/t10?,13-,14-/m1/s1. The van der Waals surface area contributed by atoms with E-state index in [4.69, 9.17) is 0 Å². The second-order valence-corrected chi connectivity index (χ2v) is 5.61. The fourth-order valence-corrected chi connectivity index (χ4v) is 3.66. The van der Waals surface area contributed by atoms with Crippen molar-refractivity contribution < 1.29 is 4.79 Å². The summed E-state index contributed by atoms with van der Waals surface area (Å²) in [6.07, 6.45) is 4.07. The van der Waals surface area contributed by atoms with Crippen molar-refractivity contribution in [2.75, 3.05) is 0 Å². The van der Waals surface area contributed by atoms with Crippen molar-refractivity contribution in [2.24, 2.45) is 16.7 Å². The predicted octanol–water partition coefficient (Wildman–Crippen LogP) is 3.50. The van der Waals surface area contributed by atoms with Crippen LogP contribution in [0, 0.1) is 16.7 Å². The van der Waals surface area contributed by atoms with Gasteiger partial charge < -0.3 is 0 Å². The molecule has 0 radical (unpaired) electrons. The van der Waals surface area contributed by atoms with Gasteiger partial charge >= 0.3 is 0 Å². The van der Waals surface area contributed by atoms with E-state index >= 15 is 0 Å². The van der Waals surface area contributed by atoms with E-state index in [1.165, 1.54) is 12.0 Å². The Morgan fingerprint density at radius 2 is 1.93 bits per heavy atom. The molecule has 2 rings (SSSR count). The highest BCUT2D eigenvalue weighted by molar-refractivity contribution is 5.83. The van der Waals surface area contributed by atoms with Crippen LogP contribution in [0.3, 0.4) is 0 Å². The highest BCUT2D eigenvalue weighted by Gasteiger charge is 2.58. The highest BCUT2D eigenvalue weighted by Crippen LogP contribution is 2.63. The maximum absolute atomic E-state index is 11.9. The maximum Gasteiger partial charge on any atom is 0.136 e. The Labute approximate surface area is 92.3 Å². The average molecular weight is 204 g/mol. The van der Waals surface area contributed by atoms with Crippen molar-refractivity contribution in [1.29, 1.82) is 0 Å². The van der Waals surface area contributed by atoms with Crippen LogP contribution < -0.4 is 0 Å². The van der Waals surface area contributed by atoms with Crippen molar-refractivity contribution in [3.63, 3.8) is 0 Å². The van der Waals surface area contributed by atoms with Gasteiger partial charge in [-0.3, -0.25) is 4.79 Å². The zero-order valence-corrected chi connectivity index (χ0v) is 10.0. The summed E-state index contributed by atoms with van der Waals surface area (Å²) in [7, 11) is 0. The number of Topliss-reactive ketones (excluding diaryl/α,β-unsaturated/α-hetero) is 1. The zero-order chi connectivity index (χ0) is 11.3. The molecule has 0 aromatic rings. The molecule has 0 heterocycles. The molecule has 0 aromatic heterocycles. The summed E-state index contributed by atoms with van der Waals surface area (Å²) in [6, 6.07) is 0. The second kappa shape index (κ2) is 3.09. The number of hydrogen-bond donors (Lipinski definition) is 0. The van der Waals surface area contributed by atoms with Gasteiger partial charge in [-0.05, 0) is 30.3 Å². The Balaban J connectivity index is 2.55. The summed E-state index contributed by atoms with van der Waals surface area (Å²) < 4.78 is 0. The van der Waals surface area contributed by atoms with Crippen molar-refractivity contribution in [3.05, 3.63) is 17.9 Å². The number of hydrogen-bond acceptors (Lipinski definition) is 1. The Morgan fingerprint density at radius 3 is 2.53 bits per heavy atom. The lowest BCUT2D eigenvalue weighted by Crippen LogP contribution is -2.46. The molecule has 2 aliphatic carbocycles. The molecule has 1 nitrogen and oxygen atoms in total. The van der Waals surface area contributed by atoms with Crippen LogP contribution in [0.5, 0.6) is 0 Å². The van der Waals surface area contributed by atoms with Gasteiger partial charge in [0.25, 0.3) is 0 Å². The van der Waals surface area contributed by atoms with Crippen LogP contribution in [0.4, 0.5) is 0 Å². The van der Waals surface area contributed by atoms with Crippen molar-refractivity contribution in [1.82, 2.24) is 0 Å². The Bertz CT molecular complexity index is 362. The van der Waals surface area contributed by atoms with E-state index in [2.05, 4.69) is 33.1 Å². The van der Waals surface area contributed by atoms with Crippen LogP contribution >= 0.6 is 0 Å². The molecular formula is C14H20O. The molecule has 1 unspecified atom stereocenters. The molecule has 0 aliphatic heterocycles. The summed E-state index contributed by atoms with van der Waals surface area (Å²) in [5, 5.41) is 0. The van der Waals surface area contributed by atoms with E-state index < -0.39 is 0 Å². The summed E-state index contributed by atoms with van der Waals surface area (Å²) in [5.41, 5.74) is 4.69. The summed E-state index contributed by atoms with van der Waals surface area (Å²) in [5.74, 6) is 0.563. The number of carbonyl (C=O) groups is 1. The van der Waals surface area contributed by atoms with Crippen LogP contribution in [0.2, 0.25) is 0 Å². The third-order valence-electron chi connectivity index (χ3n) is 5.29.